The van der Waals surface area contributed by atoms with Crippen LogP contribution in [0.1, 0.15) is 44.9 Å². The normalized spacial score (nSPS) is 16.3. The van der Waals surface area contributed by atoms with E-state index in [-0.39, 0.29) is 5.91 Å². The van der Waals surface area contributed by atoms with Gasteiger partial charge in [-0.1, -0.05) is 25.7 Å². The van der Waals surface area contributed by atoms with E-state index >= 15 is 0 Å². The molecule has 0 aliphatic heterocycles. The van der Waals surface area contributed by atoms with Crippen LogP contribution in [0.25, 0.3) is 0 Å². The van der Waals surface area contributed by atoms with Crippen molar-refractivity contribution in [1.29, 1.82) is 0 Å². The highest BCUT2D eigenvalue weighted by molar-refractivity contribution is 5.75. The maximum absolute atomic E-state index is 11.5. The largest absolute Gasteiger partial charge is 0.380 e. The Morgan fingerprint density at radius 2 is 2.06 bits per heavy atom. The van der Waals surface area contributed by atoms with Crippen molar-refractivity contribution in [3.8, 4) is 0 Å². The third-order valence-corrected chi connectivity index (χ3v) is 3.30. The topological polar surface area (TPSA) is 64.3 Å². The molecule has 100 valence electrons. The van der Waals surface area contributed by atoms with Crippen LogP contribution in [-0.2, 0) is 9.53 Å². The molecule has 4 nitrogen and oxygen atoms in total. The molecule has 3 N–H and O–H groups in total. The van der Waals surface area contributed by atoms with Crippen LogP contribution in [-0.4, -0.2) is 32.2 Å². The molecule has 0 saturated heterocycles. The first kappa shape index (κ1) is 14.5. The van der Waals surface area contributed by atoms with E-state index in [2.05, 4.69) is 5.32 Å². The number of ether oxygens (including phenoxy) is 1. The summed E-state index contributed by atoms with van der Waals surface area (Å²) in [7, 11) is 0. The van der Waals surface area contributed by atoms with Gasteiger partial charge in [-0.3, -0.25) is 4.79 Å². The van der Waals surface area contributed by atoms with Gasteiger partial charge in [0.05, 0.1) is 6.61 Å². The third-order valence-electron chi connectivity index (χ3n) is 3.30. The summed E-state index contributed by atoms with van der Waals surface area (Å²) in [6.07, 6.45) is 7.97. The van der Waals surface area contributed by atoms with E-state index in [4.69, 9.17) is 10.5 Å². The van der Waals surface area contributed by atoms with E-state index in [9.17, 15) is 4.79 Å². The van der Waals surface area contributed by atoms with Gasteiger partial charge in [-0.15, -0.1) is 0 Å². The smallest absolute Gasteiger partial charge is 0.220 e. The third kappa shape index (κ3) is 7.34. The Morgan fingerprint density at radius 3 is 2.76 bits per heavy atom. The first-order valence-electron chi connectivity index (χ1n) is 6.87. The molecule has 0 aromatic rings. The average Bonchev–Trinajstić information content (AvgIpc) is 2.84. The first-order chi connectivity index (χ1) is 8.33. The van der Waals surface area contributed by atoms with Gasteiger partial charge in [-0.2, -0.15) is 0 Å². The molecule has 4 heteroatoms. The number of carbonyl (C=O) groups is 1. The van der Waals surface area contributed by atoms with Gasteiger partial charge < -0.3 is 15.8 Å². The molecule has 0 radical (unpaired) electrons. The predicted octanol–water partition coefficient (Wildman–Crippen LogP) is 1.44. The van der Waals surface area contributed by atoms with Gasteiger partial charge in [0.25, 0.3) is 0 Å². The average molecular weight is 242 g/mol. The lowest BCUT2D eigenvalue weighted by molar-refractivity contribution is -0.121. The number of nitrogens with one attached hydrogen (secondary N) is 1. The van der Waals surface area contributed by atoms with E-state index < -0.39 is 0 Å². The van der Waals surface area contributed by atoms with Gasteiger partial charge in [-0.25, -0.2) is 0 Å². The van der Waals surface area contributed by atoms with Gasteiger partial charge in [0.2, 0.25) is 5.91 Å². The monoisotopic (exact) mass is 242 g/mol. The highest BCUT2D eigenvalue weighted by Crippen LogP contribution is 2.28. The van der Waals surface area contributed by atoms with Gasteiger partial charge >= 0.3 is 0 Å². The maximum atomic E-state index is 11.5. The molecule has 0 bridgehead atoms. The van der Waals surface area contributed by atoms with Crippen molar-refractivity contribution in [2.24, 2.45) is 11.7 Å². The predicted molar refractivity (Wildman–Crippen MR) is 68.7 cm³/mol. The van der Waals surface area contributed by atoms with Crippen molar-refractivity contribution in [2.45, 2.75) is 44.9 Å². The Bertz CT molecular complexity index is 204. The van der Waals surface area contributed by atoms with Crippen LogP contribution in [0.3, 0.4) is 0 Å². The summed E-state index contributed by atoms with van der Waals surface area (Å²) in [6, 6.07) is 0. The standard InChI is InChI=1S/C13H26N2O2/c14-8-11-17-10-3-9-15-13(16)7-6-12-4-1-2-5-12/h12H,1-11,14H2,(H,15,16). The minimum absolute atomic E-state index is 0.190. The van der Waals surface area contributed by atoms with E-state index in [0.717, 1.165) is 18.8 Å². The van der Waals surface area contributed by atoms with Crippen LogP contribution in [0.15, 0.2) is 0 Å². The van der Waals surface area contributed by atoms with Crippen LogP contribution in [0, 0.1) is 5.92 Å². The van der Waals surface area contributed by atoms with Gasteiger partial charge in [0.1, 0.15) is 0 Å². The number of carbonyl (C=O) groups excluding carboxylic acids is 1. The maximum Gasteiger partial charge on any atom is 0.220 e. The number of nitrogens with two attached hydrogens (primary N) is 1. The van der Waals surface area contributed by atoms with Crippen molar-refractivity contribution in [2.75, 3.05) is 26.3 Å². The van der Waals surface area contributed by atoms with Crippen LogP contribution in [0.5, 0.6) is 0 Å². The van der Waals surface area contributed by atoms with Crippen LogP contribution < -0.4 is 11.1 Å². The summed E-state index contributed by atoms with van der Waals surface area (Å²) in [5.74, 6) is 0.990. The minimum Gasteiger partial charge on any atom is -0.380 e. The van der Waals surface area contributed by atoms with Crippen molar-refractivity contribution < 1.29 is 9.53 Å². The molecular formula is C13H26N2O2. The molecule has 17 heavy (non-hydrogen) atoms. The van der Waals surface area contributed by atoms with Crippen LogP contribution >= 0.6 is 0 Å². The second-order valence-corrected chi connectivity index (χ2v) is 4.79. The fourth-order valence-corrected chi connectivity index (χ4v) is 2.31. The lowest BCUT2D eigenvalue weighted by atomic mass is 10.0. The van der Waals surface area contributed by atoms with E-state index in [1.807, 2.05) is 0 Å². The molecule has 1 aliphatic carbocycles. The Labute approximate surface area is 104 Å². The lowest BCUT2D eigenvalue weighted by Crippen LogP contribution is -2.25. The zero-order chi connectivity index (χ0) is 12.3. The Morgan fingerprint density at radius 1 is 1.29 bits per heavy atom. The molecular weight excluding hydrogens is 216 g/mol. The van der Waals surface area contributed by atoms with Crippen LogP contribution in [0.4, 0.5) is 0 Å². The summed E-state index contributed by atoms with van der Waals surface area (Å²) < 4.78 is 5.23. The SMILES string of the molecule is NCCOCCCNC(=O)CCC1CCCC1. The number of hydrogen-bond donors (Lipinski definition) is 2. The van der Waals surface area contributed by atoms with Crippen LogP contribution in [0.2, 0.25) is 0 Å². The molecule has 0 aromatic carbocycles. The summed E-state index contributed by atoms with van der Waals surface area (Å²) in [4.78, 5) is 11.5. The number of hydrogen-bond acceptors (Lipinski definition) is 3. The second kappa shape index (κ2) is 9.42. The fourth-order valence-electron chi connectivity index (χ4n) is 2.31. The summed E-state index contributed by atoms with van der Waals surface area (Å²) in [5, 5.41) is 2.93. The zero-order valence-corrected chi connectivity index (χ0v) is 10.7. The van der Waals surface area contributed by atoms with Crippen molar-refractivity contribution >= 4 is 5.91 Å². The van der Waals surface area contributed by atoms with E-state index in [0.29, 0.717) is 32.7 Å². The fraction of sp³-hybridized carbons (Fsp3) is 0.923. The molecule has 1 rings (SSSR count). The van der Waals surface area contributed by atoms with Gasteiger partial charge in [0.15, 0.2) is 0 Å². The Kier molecular flexibility index (Phi) is 8.01. The molecule has 0 heterocycles. The molecule has 0 atom stereocenters. The molecule has 1 fully saturated rings. The quantitative estimate of drug-likeness (QED) is 0.601. The zero-order valence-electron chi connectivity index (χ0n) is 10.7. The summed E-state index contributed by atoms with van der Waals surface area (Å²) in [6.45, 7) is 2.57. The van der Waals surface area contributed by atoms with Gasteiger partial charge in [0, 0.05) is 26.1 Å². The van der Waals surface area contributed by atoms with Crippen molar-refractivity contribution in [1.82, 2.24) is 5.32 Å². The Hall–Kier alpha value is -0.610. The van der Waals surface area contributed by atoms with E-state index in [1.54, 1.807) is 0 Å². The highest BCUT2D eigenvalue weighted by atomic mass is 16.5. The van der Waals surface area contributed by atoms with Gasteiger partial charge in [-0.05, 0) is 18.8 Å². The van der Waals surface area contributed by atoms with E-state index in [1.165, 1.54) is 25.7 Å². The minimum atomic E-state index is 0.190. The highest BCUT2D eigenvalue weighted by Gasteiger charge is 2.15. The van der Waals surface area contributed by atoms with Crippen molar-refractivity contribution in [3.05, 3.63) is 0 Å². The molecule has 1 amide bonds. The number of rotatable bonds is 9. The molecule has 0 unspecified atom stereocenters. The second-order valence-electron chi connectivity index (χ2n) is 4.79. The lowest BCUT2D eigenvalue weighted by Gasteiger charge is -2.09. The molecule has 1 aliphatic rings. The summed E-state index contributed by atoms with van der Waals surface area (Å²) >= 11 is 0. The van der Waals surface area contributed by atoms with Crippen molar-refractivity contribution in [3.63, 3.8) is 0 Å². The first-order valence-corrected chi connectivity index (χ1v) is 6.87. The molecule has 0 aromatic heterocycles. The molecule has 1 saturated carbocycles. The Balaban J connectivity index is 1.87. The number of amides is 1. The molecule has 0 spiro atoms. The summed E-state index contributed by atoms with van der Waals surface area (Å²) in [5.41, 5.74) is 5.30.